The predicted molar refractivity (Wildman–Crippen MR) is 110 cm³/mol. The number of nitrogens with zero attached hydrogens (tertiary/aromatic N) is 1. The molecule has 0 aliphatic rings. The number of halogens is 1. The Bertz CT molecular complexity index is 1100. The maximum atomic E-state index is 12.4. The van der Waals surface area contributed by atoms with E-state index in [1.54, 1.807) is 12.1 Å². The first-order valence-electron chi connectivity index (χ1n) is 8.68. The van der Waals surface area contributed by atoms with Gasteiger partial charge in [0, 0.05) is 11.3 Å². The molecule has 0 radical (unpaired) electrons. The predicted octanol–water partition coefficient (Wildman–Crippen LogP) is 5.37. The number of rotatable bonds is 4. The molecule has 0 saturated heterocycles. The lowest BCUT2D eigenvalue weighted by molar-refractivity contribution is -0.115. The van der Waals surface area contributed by atoms with Crippen molar-refractivity contribution in [2.45, 2.75) is 13.3 Å². The molecule has 4 rings (SSSR count). The maximum Gasteiger partial charge on any atom is 0.228 e. The number of para-hydroxylation sites is 2. The highest BCUT2D eigenvalue weighted by molar-refractivity contribution is 6.33. The van der Waals surface area contributed by atoms with Gasteiger partial charge in [-0.3, -0.25) is 4.79 Å². The molecule has 0 fully saturated rings. The average Bonchev–Trinajstić information content (AvgIpc) is 3.07. The van der Waals surface area contributed by atoms with Gasteiger partial charge in [0.25, 0.3) is 0 Å². The zero-order valence-electron chi connectivity index (χ0n) is 14.8. The van der Waals surface area contributed by atoms with Crippen molar-refractivity contribution in [2.24, 2.45) is 0 Å². The summed E-state index contributed by atoms with van der Waals surface area (Å²) < 4.78 is 0. The third-order valence-corrected chi connectivity index (χ3v) is 4.67. The number of anilines is 1. The monoisotopic (exact) mass is 375 g/mol. The maximum absolute atomic E-state index is 12.4. The van der Waals surface area contributed by atoms with Gasteiger partial charge in [0.05, 0.1) is 22.5 Å². The summed E-state index contributed by atoms with van der Waals surface area (Å²) in [4.78, 5) is 20.3. The van der Waals surface area contributed by atoms with Crippen LogP contribution in [0, 0.1) is 6.92 Å². The summed E-state index contributed by atoms with van der Waals surface area (Å²) in [6, 6.07) is 21.1. The molecule has 27 heavy (non-hydrogen) atoms. The molecule has 0 spiro atoms. The zero-order chi connectivity index (χ0) is 18.8. The van der Waals surface area contributed by atoms with Crippen LogP contribution in [0.15, 0.2) is 66.7 Å². The highest BCUT2D eigenvalue weighted by Gasteiger charge is 2.11. The van der Waals surface area contributed by atoms with Crippen LogP contribution in [-0.2, 0) is 11.2 Å². The summed E-state index contributed by atoms with van der Waals surface area (Å²) in [7, 11) is 0. The smallest absolute Gasteiger partial charge is 0.228 e. The Labute approximate surface area is 162 Å². The molecule has 5 heteroatoms. The first-order valence-corrected chi connectivity index (χ1v) is 9.06. The van der Waals surface area contributed by atoms with Crippen LogP contribution in [-0.4, -0.2) is 15.9 Å². The molecule has 0 bridgehead atoms. The van der Waals surface area contributed by atoms with Gasteiger partial charge in [-0.1, -0.05) is 53.6 Å². The van der Waals surface area contributed by atoms with E-state index in [4.69, 9.17) is 11.6 Å². The molecule has 1 amide bonds. The molecule has 1 heterocycles. The Morgan fingerprint density at radius 1 is 1.07 bits per heavy atom. The van der Waals surface area contributed by atoms with Gasteiger partial charge < -0.3 is 10.3 Å². The summed E-state index contributed by atoms with van der Waals surface area (Å²) in [5.41, 5.74) is 5.38. The number of carbonyl (C=O) groups excluding carboxylic acids is 1. The Hall–Kier alpha value is -3.11. The fraction of sp³-hybridized carbons (Fsp3) is 0.0909. The number of aryl methyl sites for hydroxylation is 1. The average molecular weight is 376 g/mol. The van der Waals surface area contributed by atoms with Crippen molar-refractivity contribution in [3.05, 3.63) is 82.9 Å². The van der Waals surface area contributed by atoms with Gasteiger partial charge >= 0.3 is 0 Å². The molecule has 134 valence electrons. The van der Waals surface area contributed by atoms with Crippen molar-refractivity contribution in [3.8, 4) is 11.4 Å². The minimum atomic E-state index is -0.0709. The summed E-state index contributed by atoms with van der Waals surface area (Å²) in [6.07, 6.45) is 0.324. The number of fused-ring (bicyclic) bond motifs is 1. The van der Waals surface area contributed by atoms with Crippen molar-refractivity contribution in [3.63, 3.8) is 0 Å². The highest BCUT2D eigenvalue weighted by atomic mass is 35.5. The van der Waals surface area contributed by atoms with E-state index in [-0.39, 0.29) is 5.91 Å². The molecule has 0 aliphatic heterocycles. The Morgan fingerprint density at radius 2 is 1.93 bits per heavy atom. The van der Waals surface area contributed by atoms with E-state index in [1.165, 1.54) is 0 Å². The van der Waals surface area contributed by atoms with Gasteiger partial charge in [-0.15, -0.1) is 0 Å². The normalized spacial score (nSPS) is 10.9. The molecular formula is C22H18ClN3O. The van der Waals surface area contributed by atoms with Crippen LogP contribution in [0.25, 0.3) is 22.4 Å². The third-order valence-electron chi connectivity index (χ3n) is 4.34. The van der Waals surface area contributed by atoms with Crippen LogP contribution < -0.4 is 5.32 Å². The number of amides is 1. The standard InChI is InChI=1S/C22H18ClN3O/c1-14-5-4-6-15(11-14)12-21(27)24-16-9-10-18(23)17(13-16)22-25-19-7-2-3-8-20(19)26-22/h2-11,13H,12H2,1H3,(H,24,27)(H,25,26). The summed E-state index contributed by atoms with van der Waals surface area (Å²) >= 11 is 6.37. The van der Waals surface area contributed by atoms with Gasteiger partial charge in [0.15, 0.2) is 0 Å². The topological polar surface area (TPSA) is 57.8 Å². The molecule has 0 atom stereocenters. The lowest BCUT2D eigenvalue weighted by atomic mass is 10.1. The molecule has 0 unspecified atom stereocenters. The molecular weight excluding hydrogens is 358 g/mol. The van der Waals surface area contributed by atoms with Crippen molar-refractivity contribution in [1.82, 2.24) is 9.97 Å². The molecule has 2 N–H and O–H groups in total. The van der Waals surface area contributed by atoms with E-state index in [2.05, 4.69) is 15.3 Å². The molecule has 0 aliphatic carbocycles. The second-order valence-corrected chi connectivity index (χ2v) is 6.92. The Balaban J connectivity index is 1.57. The largest absolute Gasteiger partial charge is 0.338 e. The van der Waals surface area contributed by atoms with E-state index in [1.807, 2.05) is 61.5 Å². The number of H-pyrrole nitrogens is 1. The number of imidazole rings is 1. The number of aromatic amines is 1. The lowest BCUT2D eigenvalue weighted by Gasteiger charge is -2.08. The third kappa shape index (κ3) is 3.86. The summed E-state index contributed by atoms with van der Waals surface area (Å²) in [5, 5.41) is 3.52. The van der Waals surface area contributed by atoms with Gasteiger partial charge in [0.1, 0.15) is 5.82 Å². The number of nitrogens with one attached hydrogen (secondary N) is 2. The minimum Gasteiger partial charge on any atom is -0.338 e. The first-order chi connectivity index (χ1) is 13.1. The Kier molecular flexibility index (Phi) is 4.65. The van der Waals surface area contributed by atoms with Gasteiger partial charge in [0.2, 0.25) is 5.91 Å². The Morgan fingerprint density at radius 3 is 2.74 bits per heavy atom. The van der Waals surface area contributed by atoms with Crippen molar-refractivity contribution in [1.29, 1.82) is 0 Å². The van der Waals surface area contributed by atoms with E-state index >= 15 is 0 Å². The number of hydrogen-bond donors (Lipinski definition) is 2. The number of benzene rings is 3. The lowest BCUT2D eigenvalue weighted by Crippen LogP contribution is -2.14. The van der Waals surface area contributed by atoms with Crippen LogP contribution in [0.4, 0.5) is 5.69 Å². The van der Waals surface area contributed by atoms with E-state index in [0.29, 0.717) is 23.0 Å². The van der Waals surface area contributed by atoms with Crippen molar-refractivity contribution >= 4 is 34.2 Å². The van der Waals surface area contributed by atoms with Crippen LogP contribution >= 0.6 is 11.6 Å². The second kappa shape index (κ2) is 7.25. The molecule has 4 aromatic rings. The van der Waals surface area contributed by atoms with E-state index < -0.39 is 0 Å². The van der Waals surface area contributed by atoms with Gasteiger partial charge in [-0.25, -0.2) is 4.98 Å². The SMILES string of the molecule is Cc1cccc(CC(=O)Nc2ccc(Cl)c(-c3nc4ccccc4[nH]3)c2)c1. The van der Waals surface area contributed by atoms with Gasteiger partial charge in [-0.05, 0) is 42.8 Å². The van der Waals surface area contributed by atoms with Crippen molar-refractivity contribution in [2.75, 3.05) is 5.32 Å². The summed E-state index contributed by atoms with van der Waals surface area (Å²) in [5.74, 6) is 0.606. The zero-order valence-corrected chi connectivity index (χ0v) is 15.5. The number of aromatic nitrogens is 2. The van der Waals surface area contributed by atoms with Crippen LogP contribution in [0.2, 0.25) is 5.02 Å². The summed E-state index contributed by atoms with van der Waals surface area (Å²) in [6.45, 7) is 2.01. The second-order valence-electron chi connectivity index (χ2n) is 6.51. The number of hydrogen-bond acceptors (Lipinski definition) is 2. The van der Waals surface area contributed by atoms with E-state index in [9.17, 15) is 4.79 Å². The molecule has 4 nitrogen and oxygen atoms in total. The van der Waals surface area contributed by atoms with E-state index in [0.717, 1.165) is 27.7 Å². The van der Waals surface area contributed by atoms with Crippen molar-refractivity contribution < 1.29 is 4.79 Å². The fourth-order valence-electron chi connectivity index (χ4n) is 3.08. The molecule has 0 saturated carbocycles. The molecule has 1 aromatic heterocycles. The molecule has 3 aromatic carbocycles. The highest BCUT2D eigenvalue weighted by Crippen LogP contribution is 2.30. The first kappa shape index (κ1) is 17.3. The minimum absolute atomic E-state index is 0.0709. The quantitative estimate of drug-likeness (QED) is 0.503. The van der Waals surface area contributed by atoms with Crippen LogP contribution in [0.3, 0.4) is 0 Å². The number of carbonyl (C=O) groups is 1. The fourth-order valence-corrected chi connectivity index (χ4v) is 3.28. The van der Waals surface area contributed by atoms with Gasteiger partial charge in [-0.2, -0.15) is 0 Å². The van der Waals surface area contributed by atoms with Crippen LogP contribution in [0.1, 0.15) is 11.1 Å². The van der Waals surface area contributed by atoms with Crippen LogP contribution in [0.5, 0.6) is 0 Å².